The van der Waals surface area contributed by atoms with E-state index in [1.165, 1.54) is 6.33 Å². The molecule has 15 nitrogen and oxygen atoms in total. The SMILES string of the molecule is C.C.C.CCc1ncn(-c2ncc(OC)c3cc[nH]c23)n1.CCc1ncn[nH]1.COc1cnc(Cl)c2[nH]ccc12.O=CO[O-].[H-].[K+].[K+]. The Morgan fingerprint density at radius 1 is 0.913 bits per heavy atom. The van der Waals surface area contributed by atoms with Gasteiger partial charge in [0.2, 0.25) is 0 Å². The Kier molecular flexibility index (Phi) is 27.7. The summed E-state index contributed by atoms with van der Waals surface area (Å²) in [6.45, 7) is 3.87. The number of nitrogens with zero attached hydrogens (tertiary/aromatic N) is 7. The van der Waals surface area contributed by atoms with Gasteiger partial charge in [-0.1, -0.05) is 47.7 Å². The molecule has 0 unspecified atom stereocenters. The number of hydrogen-bond acceptors (Lipinski definition) is 11. The first-order chi connectivity index (χ1) is 20.0. The molecule has 46 heavy (non-hydrogen) atoms. The van der Waals surface area contributed by atoms with E-state index in [1.54, 1.807) is 43.8 Å². The molecule has 6 aromatic rings. The molecule has 6 rings (SSSR count). The standard InChI is InChI=1S/C12H13N5O.C8H7ClN2O.C4H7N3.CH2O3.3CH4.2K.H/c1-3-10-15-7-17(16-10)12-11-8(4-5-13-11)9(18-2)6-14-12;1-12-6-4-11-8(9)7-5(6)2-3-10-7;1-2-4-5-3-6-7-4;2-1-4-3;;;;;;/h4-7,13H,3H2,1-2H3;2-4,10H,1H3;3H,2H2,1H3,(H,5,6,7);1,3H;3*1H4;;;/q;;;;;;;2*+1;-1/p-1. The third kappa shape index (κ3) is 13.4. The van der Waals surface area contributed by atoms with Crippen LogP contribution >= 0.6 is 11.6 Å². The van der Waals surface area contributed by atoms with Crippen molar-refractivity contribution < 1.29 is 129 Å². The number of aromatic amines is 3. The fourth-order valence-electron chi connectivity index (χ4n) is 3.47. The molecule has 18 heteroatoms. The minimum Gasteiger partial charge on any atom is -1.00 e. The Morgan fingerprint density at radius 3 is 1.93 bits per heavy atom. The van der Waals surface area contributed by atoms with Crippen LogP contribution in [0.25, 0.3) is 27.6 Å². The molecule has 3 N–H and O–H groups in total. The maximum absolute atomic E-state index is 8.64. The van der Waals surface area contributed by atoms with Crippen LogP contribution in [0.2, 0.25) is 5.15 Å². The molecule has 0 saturated heterocycles. The Labute approximate surface area is 360 Å². The first-order valence-corrected chi connectivity index (χ1v) is 12.5. The Morgan fingerprint density at radius 2 is 1.48 bits per heavy atom. The van der Waals surface area contributed by atoms with Gasteiger partial charge in [-0.25, -0.2) is 24.6 Å². The summed E-state index contributed by atoms with van der Waals surface area (Å²) < 4.78 is 12.1. The third-order valence-electron chi connectivity index (χ3n) is 5.41. The van der Waals surface area contributed by atoms with Gasteiger partial charge in [-0.3, -0.25) is 9.89 Å². The molecule has 0 radical (unpaired) electrons. The summed E-state index contributed by atoms with van der Waals surface area (Å²) in [4.78, 5) is 33.8. The monoisotopic (exact) mass is 710 g/mol. The molecule has 0 aromatic carbocycles. The maximum atomic E-state index is 8.64. The second-order valence-electron chi connectivity index (χ2n) is 7.74. The number of hydrogen-bond donors (Lipinski definition) is 3. The van der Waals surface area contributed by atoms with Gasteiger partial charge in [-0.2, -0.15) is 5.10 Å². The van der Waals surface area contributed by atoms with Gasteiger partial charge in [0, 0.05) is 36.0 Å². The van der Waals surface area contributed by atoms with E-state index in [-0.39, 0.29) is 133 Å². The molecule has 0 saturated carbocycles. The molecule has 6 heterocycles. The van der Waals surface area contributed by atoms with Crippen molar-refractivity contribution in [3.8, 4) is 17.3 Å². The van der Waals surface area contributed by atoms with Gasteiger partial charge in [0.1, 0.15) is 30.0 Å². The number of methoxy groups -OCH3 is 2. The molecule has 0 atom stereocenters. The van der Waals surface area contributed by atoms with E-state index in [9.17, 15) is 0 Å². The van der Waals surface area contributed by atoms with Gasteiger partial charge in [0.15, 0.2) is 16.8 Å². The van der Waals surface area contributed by atoms with E-state index >= 15 is 0 Å². The van der Waals surface area contributed by atoms with Crippen molar-refractivity contribution in [1.29, 1.82) is 0 Å². The largest absolute Gasteiger partial charge is 1.00 e. The van der Waals surface area contributed by atoms with Gasteiger partial charge in [-0.15, -0.1) is 5.10 Å². The smallest absolute Gasteiger partial charge is 1.00 e. The summed E-state index contributed by atoms with van der Waals surface area (Å²) in [5.74, 6) is 3.94. The van der Waals surface area contributed by atoms with Crippen molar-refractivity contribution in [1.82, 2.24) is 49.9 Å². The van der Waals surface area contributed by atoms with Gasteiger partial charge >= 0.3 is 103 Å². The van der Waals surface area contributed by atoms with Crippen LogP contribution in [0, 0.1) is 0 Å². The van der Waals surface area contributed by atoms with E-state index in [2.05, 4.69) is 50.1 Å². The Balaban J connectivity index is -0.000000281. The zero-order chi connectivity index (χ0) is 29.6. The second-order valence-corrected chi connectivity index (χ2v) is 8.10. The fourth-order valence-corrected chi connectivity index (χ4v) is 3.68. The number of ether oxygens (including phenoxy) is 2. The van der Waals surface area contributed by atoms with Crippen molar-refractivity contribution in [2.45, 2.75) is 49.0 Å². The molecular weight excluding hydrogens is 670 g/mol. The Hall–Kier alpha value is -1.75. The zero-order valence-corrected chi connectivity index (χ0v) is 31.7. The molecule has 0 spiro atoms. The van der Waals surface area contributed by atoms with Crippen LogP contribution in [-0.4, -0.2) is 70.6 Å². The quantitative estimate of drug-likeness (QED) is 0.0615. The molecule has 0 fully saturated rings. The summed E-state index contributed by atoms with van der Waals surface area (Å²) in [6, 6.07) is 3.86. The third-order valence-corrected chi connectivity index (χ3v) is 5.69. The number of aryl methyl sites for hydroxylation is 2. The van der Waals surface area contributed by atoms with Crippen LogP contribution in [-0.2, 0) is 22.5 Å². The average Bonchev–Trinajstić information content (AvgIpc) is 3.84. The molecule has 0 aliphatic heterocycles. The van der Waals surface area contributed by atoms with E-state index < -0.39 is 0 Å². The maximum Gasteiger partial charge on any atom is 1.00 e. The summed E-state index contributed by atoms with van der Waals surface area (Å²) in [7, 11) is 3.24. The van der Waals surface area contributed by atoms with Crippen LogP contribution in [0.4, 0.5) is 0 Å². The number of carbonyl (C=O) groups excluding carboxylic acids is 1. The van der Waals surface area contributed by atoms with E-state index in [0.717, 1.165) is 63.6 Å². The predicted molar refractivity (Wildman–Crippen MR) is 169 cm³/mol. The summed E-state index contributed by atoms with van der Waals surface area (Å²) in [6.07, 6.45) is 11.9. The van der Waals surface area contributed by atoms with E-state index in [4.69, 9.17) is 31.1 Å². The molecule has 0 aliphatic rings. The number of carbonyl (C=O) groups is 1. The van der Waals surface area contributed by atoms with Crippen molar-refractivity contribution in [2.75, 3.05) is 14.2 Å². The van der Waals surface area contributed by atoms with Gasteiger partial charge < -0.3 is 31.0 Å². The average molecular weight is 711 g/mol. The van der Waals surface area contributed by atoms with Crippen molar-refractivity contribution >= 4 is 39.9 Å². The van der Waals surface area contributed by atoms with E-state index in [1.807, 2.05) is 32.2 Å². The molecule has 0 aliphatic carbocycles. The second kappa shape index (κ2) is 26.2. The van der Waals surface area contributed by atoms with Crippen LogP contribution < -0.4 is 118 Å². The minimum absolute atomic E-state index is 0. The summed E-state index contributed by atoms with van der Waals surface area (Å²) in [5, 5.41) is 21.6. The van der Waals surface area contributed by atoms with Crippen LogP contribution in [0.15, 0.2) is 49.6 Å². The zero-order valence-electron chi connectivity index (χ0n) is 25.7. The number of pyridine rings is 2. The molecule has 0 amide bonds. The van der Waals surface area contributed by atoms with Crippen LogP contribution in [0.5, 0.6) is 11.5 Å². The number of nitrogens with one attached hydrogen (secondary N) is 3. The number of H-pyrrole nitrogens is 3. The fraction of sp³-hybridized carbons (Fsp3) is 0.321. The Bertz CT molecular complexity index is 1650. The van der Waals surface area contributed by atoms with Crippen LogP contribution in [0.3, 0.4) is 0 Å². The van der Waals surface area contributed by atoms with Gasteiger partial charge in [0.25, 0.3) is 6.47 Å². The first kappa shape index (κ1) is 48.6. The van der Waals surface area contributed by atoms with Gasteiger partial charge in [0.05, 0.1) is 37.6 Å². The molecule has 6 aromatic heterocycles. The minimum atomic E-state index is -0.181. The number of fused-ring (bicyclic) bond motifs is 2. The van der Waals surface area contributed by atoms with Crippen molar-refractivity contribution in [3.05, 3.63) is 66.4 Å². The van der Waals surface area contributed by atoms with Crippen molar-refractivity contribution in [3.63, 3.8) is 0 Å². The number of rotatable bonds is 6. The summed E-state index contributed by atoms with van der Waals surface area (Å²) in [5.41, 5.74) is 1.71. The number of aromatic nitrogens is 10. The first-order valence-electron chi connectivity index (χ1n) is 12.1. The normalized spacial score (nSPS) is 8.91. The molecular formula is C28H41ClK2N10O5. The molecule has 0 bridgehead atoms. The van der Waals surface area contributed by atoms with Crippen molar-refractivity contribution in [2.24, 2.45) is 0 Å². The van der Waals surface area contributed by atoms with E-state index in [0.29, 0.717) is 5.15 Å². The summed E-state index contributed by atoms with van der Waals surface area (Å²) >= 11 is 5.83. The predicted octanol–water partition coefficient (Wildman–Crippen LogP) is -1.23. The number of halogens is 1. The molecule has 242 valence electrons. The topological polar surface area (TPSA) is 197 Å². The van der Waals surface area contributed by atoms with Crippen LogP contribution in [0.1, 0.15) is 49.2 Å². The van der Waals surface area contributed by atoms with Gasteiger partial charge in [-0.05, 0) is 12.1 Å².